The zero-order valence-corrected chi connectivity index (χ0v) is 23.4. The van der Waals surface area contributed by atoms with Crippen molar-refractivity contribution < 1.29 is 27.2 Å². The lowest BCUT2D eigenvalue weighted by atomic mass is 9.97. The van der Waals surface area contributed by atoms with Gasteiger partial charge in [0, 0.05) is 11.6 Å². The minimum Gasteiger partial charge on any atom is -0.383 e. The van der Waals surface area contributed by atoms with Crippen LogP contribution in [0.5, 0.6) is 0 Å². The molecule has 3 aromatic carbocycles. The van der Waals surface area contributed by atoms with Crippen LogP contribution in [-0.2, 0) is 6.18 Å². The van der Waals surface area contributed by atoms with Crippen molar-refractivity contribution in [3.8, 4) is 5.69 Å². The number of nitrogens with one attached hydrogen (secondary N) is 2. The summed E-state index contributed by atoms with van der Waals surface area (Å²) in [5.74, 6) is -1.47. The normalized spacial score (nSPS) is 14.4. The third-order valence-corrected chi connectivity index (χ3v) is 6.95. The summed E-state index contributed by atoms with van der Waals surface area (Å²) in [5, 5.41) is 8.64. The largest absolute Gasteiger partial charge is 0.435 e. The second-order valence-corrected chi connectivity index (χ2v) is 10.4. The second-order valence-electron chi connectivity index (χ2n) is 10.0. The van der Waals surface area contributed by atoms with E-state index in [2.05, 4.69) is 33.4 Å². The third-order valence-electron chi connectivity index (χ3n) is 6.85. The number of carbonyl (C=O) groups is 2. The number of alkyl halides is 3. The van der Waals surface area contributed by atoms with Crippen LogP contribution in [0.2, 0.25) is 0 Å². The Morgan fingerprint density at radius 3 is 2.44 bits per heavy atom. The molecule has 43 heavy (non-hydrogen) atoms. The van der Waals surface area contributed by atoms with Crippen LogP contribution in [0.25, 0.3) is 5.69 Å². The molecule has 1 atom stereocenters. The molecule has 1 aromatic heterocycles. The average molecular weight is 611 g/mol. The van der Waals surface area contributed by atoms with Gasteiger partial charge in [-0.2, -0.15) is 23.3 Å². The topological polar surface area (TPSA) is 114 Å². The molecule has 8 nitrogen and oxygen atoms in total. The van der Waals surface area contributed by atoms with E-state index in [4.69, 9.17) is 5.73 Å². The van der Waals surface area contributed by atoms with Crippen molar-refractivity contribution in [3.63, 3.8) is 0 Å². The highest BCUT2D eigenvalue weighted by Crippen LogP contribution is 2.32. The zero-order chi connectivity index (χ0) is 30.7. The maximum Gasteiger partial charge on any atom is 0.435 e. The minimum absolute atomic E-state index is 0.0190. The van der Waals surface area contributed by atoms with Crippen molar-refractivity contribution in [2.75, 3.05) is 11.9 Å². The zero-order valence-electron chi connectivity index (χ0n) is 22.5. The van der Waals surface area contributed by atoms with Crippen LogP contribution in [0.3, 0.4) is 0 Å². The van der Waals surface area contributed by atoms with Crippen LogP contribution < -0.4 is 16.4 Å². The summed E-state index contributed by atoms with van der Waals surface area (Å²) in [5.41, 5.74) is 5.53. The molecule has 0 saturated heterocycles. The van der Waals surface area contributed by atoms with Gasteiger partial charge in [-0.25, -0.2) is 9.07 Å². The van der Waals surface area contributed by atoms with Gasteiger partial charge >= 0.3 is 11.4 Å². The van der Waals surface area contributed by atoms with Crippen LogP contribution in [-0.4, -0.2) is 33.3 Å². The van der Waals surface area contributed by atoms with E-state index in [1.54, 1.807) is 6.07 Å². The summed E-state index contributed by atoms with van der Waals surface area (Å²) in [7, 11) is 0. The number of halogens is 4. The molecule has 13 heteroatoms. The van der Waals surface area contributed by atoms with Crippen molar-refractivity contribution in [3.05, 3.63) is 113 Å². The quantitative estimate of drug-likeness (QED) is 0.0789. The van der Waals surface area contributed by atoms with Gasteiger partial charge in [0.05, 0.1) is 17.4 Å². The number of nitrogens with zero attached hydrogens (tertiary/aromatic N) is 3. The van der Waals surface area contributed by atoms with Gasteiger partial charge in [-0.1, -0.05) is 61.2 Å². The molecule has 1 unspecified atom stereocenters. The highest BCUT2D eigenvalue weighted by Gasteiger charge is 2.36. The van der Waals surface area contributed by atoms with E-state index in [1.165, 1.54) is 36.4 Å². The van der Waals surface area contributed by atoms with Crippen molar-refractivity contribution in [1.82, 2.24) is 15.1 Å². The molecule has 0 aliphatic heterocycles. The molecule has 5 rings (SSSR count). The highest BCUT2D eigenvalue weighted by atomic mass is 32.1. The number of thiol groups is 1. The van der Waals surface area contributed by atoms with Crippen LogP contribution in [0.4, 0.5) is 28.0 Å². The van der Waals surface area contributed by atoms with Crippen LogP contribution >= 0.6 is 12.6 Å². The van der Waals surface area contributed by atoms with Gasteiger partial charge in [0.25, 0.3) is 5.91 Å². The first kappa shape index (κ1) is 30.0. The van der Waals surface area contributed by atoms with Crippen LogP contribution in [0.1, 0.15) is 51.8 Å². The van der Waals surface area contributed by atoms with E-state index in [0.29, 0.717) is 17.5 Å². The number of anilines is 1. The Morgan fingerprint density at radius 2 is 1.77 bits per heavy atom. The molecule has 1 aliphatic rings. The third kappa shape index (κ3) is 7.30. The van der Waals surface area contributed by atoms with Gasteiger partial charge in [-0.05, 0) is 60.7 Å². The fourth-order valence-corrected chi connectivity index (χ4v) is 4.64. The molecule has 222 valence electrons. The fraction of sp³-hybridized carbons (Fsp3) is 0.200. The van der Waals surface area contributed by atoms with E-state index < -0.39 is 34.5 Å². The molecule has 4 N–H and O–H groups in total. The molecule has 1 heterocycles. The Hall–Kier alpha value is -4.49. The van der Waals surface area contributed by atoms with E-state index in [-0.39, 0.29) is 28.8 Å². The summed E-state index contributed by atoms with van der Waals surface area (Å²) >= 11 is 3.54. The lowest BCUT2D eigenvalue weighted by Crippen LogP contribution is -2.25. The van der Waals surface area contributed by atoms with Crippen molar-refractivity contribution in [2.45, 2.75) is 25.1 Å². The lowest BCUT2D eigenvalue weighted by molar-refractivity contribution is -0.141. The number of benzene rings is 3. The van der Waals surface area contributed by atoms with Crippen molar-refractivity contribution in [1.29, 1.82) is 0 Å². The van der Waals surface area contributed by atoms with E-state index >= 15 is 4.39 Å². The standard InChI is InChI=1S/C30H26F4N6O2S/c31-22-12-11-19(26(36-16-17-9-10-17)18-5-2-1-3-6-18)14-23(22)37-28(41)24-15-25(30(32,33)34)39-40(24)21-8-4-7-20(13-21)27(35)38-29(42)43/h1-8,11-15,17,26,36H,9-10,16H2,(H,37,41)(H3,35,38,42,43). The molecule has 4 aromatic rings. The number of hydrogen-bond acceptors (Lipinski definition) is 4. The first-order chi connectivity index (χ1) is 20.5. The second kappa shape index (κ2) is 12.4. The number of rotatable bonds is 9. The van der Waals surface area contributed by atoms with Gasteiger partial charge in [-0.15, -0.1) is 0 Å². The van der Waals surface area contributed by atoms with E-state index in [0.717, 1.165) is 29.6 Å². The summed E-state index contributed by atoms with van der Waals surface area (Å²) in [6, 6.07) is 19.6. The molecular weight excluding hydrogens is 584 g/mol. The van der Waals surface area contributed by atoms with Gasteiger partial charge in [0.2, 0.25) is 0 Å². The molecule has 0 radical (unpaired) electrons. The lowest BCUT2D eigenvalue weighted by Gasteiger charge is -2.21. The van der Waals surface area contributed by atoms with Gasteiger partial charge in [-0.3, -0.25) is 9.59 Å². The highest BCUT2D eigenvalue weighted by molar-refractivity contribution is 7.96. The van der Waals surface area contributed by atoms with Crippen molar-refractivity contribution >= 4 is 35.3 Å². The number of amides is 2. The molecule has 0 spiro atoms. The maximum atomic E-state index is 15.0. The Bertz CT molecular complexity index is 1690. The molecule has 2 amide bonds. The van der Waals surface area contributed by atoms with Gasteiger partial charge < -0.3 is 16.4 Å². The molecule has 1 fully saturated rings. The molecule has 1 saturated carbocycles. The summed E-state index contributed by atoms with van der Waals surface area (Å²) in [4.78, 5) is 28.1. The van der Waals surface area contributed by atoms with Gasteiger partial charge in [0.1, 0.15) is 17.3 Å². The number of hydrogen-bond donors (Lipinski definition) is 4. The minimum atomic E-state index is -4.88. The summed E-state index contributed by atoms with van der Waals surface area (Å²) in [6.45, 7) is 0.758. The number of carbonyl (C=O) groups excluding carboxylic acids is 2. The molecule has 0 bridgehead atoms. The Labute approximate surface area is 249 Å². The van der Waals surface area contributed by atoms with E-state index in [1.807, 2.05) is 30.3 Å². The maximum absolute atomic E-state index is 15.0. The first-order valence-electron chi connectivity index (χ1n) is 13.2. The molecule has 1 aliphatic carbocycles. The SMILES string of the molecule is NC(=NC(=O)S)c1cccc(-n2nc(C(F)(F)F)cc2C(=O)Nc2cc(C(NCC3CC3)c3ccccc3)ccc2F)c1. The number of nitrogens with two attached hydrogens (primary N) is 1. The number of amidine groups is 1. The number of aromatic nitrogens is 2. The average Bonchev–Trinajstić information content (AvgIpc) is 3.68. The summed E-state index contributed by atoms with van der Waals surface area (Å²) < 4.78 is 56.8. The smallest absolute Gasteiger partial charge is 0.383 e. The fourth-order valence-electron chi connectivity index (χ4n) is 4.53. The van der Waals surface area contributed by atoms with Crippen LogP contribution in [0, 0.1) is 11.7 Å². The van der Waals surface area contributed by atoms with E-state index in [9.17, 15) is 22.8 Å². The number of aliphatic imine (C=N–C) groups is 1. The van der Waals surface area contributed by atoms with Crippen molar-refractivity contribution in [2.24, 2.45) is 16.6 Å². The Kier molecular flexibility index (Phi) is 8.64. The Balaban J connectivity index is 1.49. The first-order valence-corrected chi connectivity index (χ1v) is 13.7. The monoisotopic (exact) mass is 610 g/mol. The predicted molar refractivity (Wildman–Crippen MR) is 157 cm³/mol. The van der Waals surface area contributed by atoms with Gasteiger partial charge in [0.15, 0.2) is 5.69 Å². The van der Waals surface area contributed by atoms with Crippen LogP contribution in [0.15, 0.2) is 83.9 Å². The predicted octanol–water partition coefficient (Wildman–Crippen LogP) is 6.13. The Morgan fingerprint density at radius 1 is 1.02 bits per heavy atom. The summed E-state index contributed by atoms with van der Waals surface area (Å²) in [6.07, 6.45) is -2.62. The molecular formula is C30H26F4N6O2S.